The summed E-state index contributed by atoms with van der Waals surface area (Å²) in [7, 11) is 0. The van der Waals surface area contributed by atoms with E-state index in [1.54, 1.807) is 0 Å². The molecule has 1 fully saturated rings. The highest BCUT2D eigenvalue weighted by Gasteiger charge is 2.57. The third-order valence-electron chi connectivity index (χ3n) is 4.10. The Morgan fingerprint density at radius 3 is 1.92 bits per heavy atom. The predicted octanol–water partition coefficient (Wildman–Crippen LogP) is 3.74. The summed E-state index contributed by atoms with van der Waals surface area (Å²) >= 11 is 0. The molecule has 2 aromatic carbocycles. The quantitative estimate of drug-likeness (QED) is 0.489. The van der Waals surface area contributed by atoms with Gasteiger partial charge in [-0.1, -0.05) is 6.07 Å². The first-order valence-electron chi connectivity index (χ1n) is 7.46. The Labute approximate surface area is 144 Å². The van der Waals surface area contributed by atoms with Gasteiger partial charge in [0.1, 0.15) is 22.7 Å². The van der Waals surface area contributed by atoms with Gasteiger partial charge in [0.05, 0.1) is 5.69 Å². The van der Waals surface area contributed by atoms with Gasteiger partial charge in [0.2, 0.25) is 11.8 Å². The molecule has 2 aromatic rings. The van der Waals surface area contributed by atoms with Crippen molar-refractivity contribution in [1.82, 2.24) is 0 Å². The highest BCUT2D eigenvalue weighted by Crippen LogP contribution is 2.48. The first-order valence-corrected chi connectivity index (χ1v) is 7.46. The zero-order chi connectivity index (χ0) is 19.1. The van der Waals surface area contributed by atoms with Crippen molar-refractivity contribution in [2.24, 2.45) is 5.41 Å². The summed E-state index contributed by atoms with van der Waals surface area (Å²) in [4.78, 5) is 24.6. The van der Waals surface area contributed by atoms with E-state index < -0.39 is 57.7 Å². The zero-order valence-electron chi connectivity index (χ0n) is 13.0. The third kappa shape index (κ3) is 3.00. The van der Waals surface area contributed by atoms with Crippen molar-refractivity contribution in [3.8, 4) is 0 Å². The lowest BCUT2D eigenvalue weighted by Crippen LogP contribution is -2.36. The van der Waals surface area contributed by atoms with Crippen molar-refractivity contribution in [3.05, 3.63) is 59.4 Å². The Morgan fingerprint density at radius 1 is 0.769 bits per heavy atom. The van der Waals surface area contributed by atoms with Crippen molar-refractivity contribution >= 4 is 23.2 Å². The third-order valence-corrected chi connectivity index (χ3v) is 4.10. The summed E-state index contributed by atoms with van der Waals surface area (Å²) in [6, 6.07) is 4.37. The molecule has 0 unspecified atom stereocenters. The van der Waals surface area contributed by atoms with Gasteiger partial charge in [-0.05, 0) is 37.1 Å². The van der Waals surface area contributed by atoms with Crippen LogP contribution in [0.3, 0.4) is 0 Å². The maximum Gasteiger partial charge on any atom is 0.240 e. The van der Waals surface area contributed by atoms with Crippen LogP contribution in [-0.4, -0.2) is 11.8 Å². The highest BCUT2D eigenvalue weighted by atomic mass is 19.2. The second-order valence-corrected chi connectivity index (χ2v) is 5.81. The van der Waals surface area contributed by atoms with Crippen LogP contribution in [0.4, 0.5) is 33.3 Å². The molecule has 1 saturated carbocycles. The lowest BCUT2D eigenvalue weighted by molar-refractivity contribution is -0.131. The van der Waals surface area contributed by atoms with Crippen LogP contribution in [0.15, 0.2) is 30.3 Å². The average Bonchev–Trinajstić information content (AvgIpc) is 3.40. The van der Waals surface area contributed by atoms with Crippen LogP contribution >= 0.6 is 0 Å². The summed E-state index contributed by atoms with van der Waals surface area (Å²) < 4.78 is 67.0. The topological polar surface area (TPSA) is 58.2 Å². The Bertz CT molecular complexity index is 892. The van der Waals surface area contributed by atoms with E-state index in [1.807, 2.05) is 10.6 Å². The van der Waals surface area contributed by atoms with Gasteiger partial charge in [-0.3, -0.25) is 9.59 Å². The Balaban J connectivity index is 1.79. The van der Waals surface area contributed by atoms with Crippen molar-refractivity contribution in [2.75, 3.05) is 10.6 Å². The van der Waals surface area contributed by atoms with Gasteiger partial charge in [0, 0.05) is 0 Å². The average molecular weight is 370 g/mol. The standard InChI is InChI=1S/C17H11F5N2O2/c18-8-4-5-11(13(22)12(8)21)23-15(25)17(6-7-17)16(26)24-14-9(19)2-1-3-10(14)20/h1-5H,6-7H2,(H,23,25)(H,24,26). The molecule has 1 aliphatic carbocycles. The van der Waals surface area contributed by atoms with Crippen LogP contribution in [-0.2, 0) is 9.59 Å². The van der Waals surface area contributed by atoms with E-state index in [0.717, 1.165) is 24.3 Å². The van der Waals surface area contributed by atoms with Crippen molar-refractivity contribution in [2.45, 2.75) is 12.8 Å². The maximum atomic E-state index is 13.7. The van der Waals surface area contributed by atoms with Gasteiger partial charge in [0.15, 0.2) is 17.5 Å². The molecule has 0 atom stereocenters. The van der Waals surface area contributed by atoms with Crippen LogP contribution in [0.25, 0.3) is 0 Å². The molecule has 0 heterocycles. The molecule has 0 bridgehead atoms. The fourth-order valence-corrected chi connectivity index (χ4v) is 2.40. The molecule has 1 aliphatic rings. The minimum absolute atomic E-state index is 0.0477. The number of anilines is 2. The van der Waals surface area contributed by atoms with E-state index in [-0.39, 0.29) is 12.8 Å². The number of carbonyl (C=O) groups excluding carboxylic acids is 2. The maximum absolute atomic E-state index is 13.7. The van der Waals surface area contributed by atoms with Gasteiger partial charge in [-0.25, -0.2) is 22.0 Å². The molecule has 136 valence electrons. The lowest BCUT2D eigenvalue weighted by Gasteiger charge is -2.16. The fourth-order valence-electron chi connectivity index (χ4n) is 2.40. The number of amides is 2. The molecule has 26 heavy (non-hydrogen) atoms. The first kappa shape index (κ1) is 17.8. The molecular formula is C17H11F5N2O2. The smallest absolute Gasteiger partial charge is 0.240 e. The number of hydrogen-bond acceptors (Lipinski definition) is 2. The second-order valence-electron chi connectivity index (χ2n) is 5.81. The van der Waals surface area contributed by atoms with Crippen molar-refractivity contribution < 1.29 is 31.5 Å². The number of para-hydroxylation sites is 1. The Kier molecular flexibility index (Phi) is 4.39. The van der Waals surface area contributed by atoms with E-state index in [4.69, 9.17) is 0 Å². The minimum Gasteiger partial charge on any atom is -0.323 e. The van der Waals surface area contributed by atoms with E-state index in [0.29, 0.717) is 6.07 Å². The summed E-state index contributed by atoms with van der Waals surface area (Å²) in [6.45, 7) is 0. The molecular weight excluding hydrogens is 359 g/mol. The molecule has 0 aliphatic heterocycles. The summed E-state index contributed by atoms with van der Waals surface area (Å²) in [6.07, 6.45) is 0.0953. The normalized spacial score (nSPS) is 14.7. The number of halogens is 5. The molecule has 0 spiro atoms. The largest absolute Gasteiger partial charge is 0.323 e. The Morgan fingerprint density at radius 2 is 1.35 bits per heavy atom. The molecule has 2 N–H and O–H groups in total. The summed E-state index contributed by atoms with van der Waals surface area (Å²) in [5.41, 5.74) is -3.04. The van der Waals surface area contributed by atoms with Crippen molar-refractivity contribution in [3.63, 3.8) is 0 Å². The molecule has 2 amide bonds. The predicted molar refractivity (Wildman–Crippen MR) is 81.6 cm³/mol. The molecule has 0 saturated heterocycles. The lowest BCUT2D eigenvalue weighted by atomic mass is 10.0. The SMILES string of the molecule is O=C(Nc1ccc(F)c(F)c1F)C1(C(=O)Nc2c(F)cccc2F)CC1. The first-order chi connectivity index (χ1) is 12.3. The Hall–Kier alpha value is -2.97. The number of hydrogen-bond donors (Lipinski definition) is 2. The number of benzene rings is 2. The number of rotatable bonds is 4. The molecule has 9 heteroatoms. The van der Waals surface area contributed by atoms with Crippen LogP contribution in [0.5, 0.6) is 0 Å². The van der Waals surface area contributed by atoms with Crippen LogP contribution in [0.1, 0.15) is 12.8 Å². The number of carbonyl (C=O) groups is 2. The molecule has 0 aromatic heterocycles. The highest BCUT2D eigenvalue weighted by molar-refractivity contribution is 6.17. The van der Waals surface area contributed by atoms with Gasteiger partial charge in [-0.2, -0.15) is 0 Å². The van der Waals surface area contributed by atoms with Gasteiger partial charge in [-0.15, -0.1) is 0 Å². The summed E-state index contributed by atoms with van der Waals surface area (Å²) in [5, 5.41) is 4.01. The van der Waals surface area contributed by atoms with E-state index in [9.17, 15) is 31.5 Å². The van der Waals surface area contributed by atoms with Crippen LogP contribution in [0, 0.1) is 34.5 Å². The minimum atomic E-state index is -1.77. The molecule has 4 nitrogen and oxygen atoms in total. The van der Waals surface area contributed by atoms with Crippen LogP contribution in [0.2, 0.25) is 0 Å². The molecule has 0 radical (unpaired) electrons. The monoisotopic (exact) mass is 370 g/mol. The zero-order valence-corrected chi connectivity index (χ0v) is 13.0. The van der Waals surface area contributed by atoms with E-state index >= 15 is 0 Å². The second kappa shape index (κ2) is 6.40. The number of nitrogens with one attached hydrogen (secondary N) is 2. The van der Waals surface area contributed by atoms with Gasteiger partial charge < -0.3 is 10.6 Å². The molecule has 3 rings (SSSR count). The van der Waals surface area contributed by atoms with E-state index in [2.05, 4.69) is 0 Å². The summed E-state index contributed by atoms with van der Waals surface area (Å²) in [5.74, 6) is -8.85. The van der Waals surface area contributed by atoms with E-state index in [1.165, 1.54) is 0 Å². The van der Waals surface area contributed by atoms with Crippen molar-refractivity contribution in [1.29, 1.82) is 0 Å². The van der Waals surface area contributed by atoms with Crippen LogP contribution < -0.4 is 10.6 Å². The fraction of sp³-hybridized carbons (Fsp3) is 0.176. The van der Waals surface area contributed by atoms with Gasteiger partial charge in [0.25, 0.3) is 0 Å². The van der Waals surface area contributed by atoms with Gasteiger partial charge >= 0.3 is 0 Å².